The molecule has 2 aromatic carbocycles. The van der Waals surface area contributed by atoms with E-state index in [4.69, 9.17) is 0 Å². The van der Waals surface area contributed by atoms with Gasteiger partial charge in [0, 0.05) is 0 Å². The van der Waals surface area contributed by atoms with E-state index in [1.165, 1.54) is 27.3 Å². The molecule has 0 saturated carbocycles. The van der Waals surface area contributed by atoms with Crippen molar-refractivity contribution in [1.29, 1.82) is 0 Å². The van der Waals surface area contributed by atoms with Gasteiger partial charge in [-0.05, 0) is 0 Å². The molecule has 0 aliphatic heterocycles. The minimum atomic E-state index is -0.0000771. The van der Waals surface area contributed by atoms with Gasteiger partial charge < -0.3 is 0 Å². The summed E-state index contributed by atoms with van der Waals surface area (Å²) >= 11 is 0.507. The molecule has 2 heteroatoms. The fourth-order valence-electron chi connectivity index (χ4n) is 1.71. The first-order valence-corrected chi connectivity index (χ1v) is 11.5. The summed E-state index contributed by atoms with van der Waals surface area (Å²) in [5.74, 6) is 0. The first-order valence-electron chi connectivity index (χ1n) is 7.01. The van der Waals surface area contributed by atoms with Crippen molar-refractivity contribution in [3.63, 3.8) is 0 Å². The Balaban J connectivity index is 2.10. The monoisotopic (exact) mass is 446 g/mol. The van der Waals surface area contributed by atoms with Crippen molar-refractivity contribution < 1.29 is 0 Å². The number of unbranched alkanes of at least 4 members (excludes halogenated alkanes) is 1. The Hall–Kier alpha value is -0.511. The van der Waals surface area contributed by atoms with Crippen LogP contribution in [-0.4, -0.2) is 35.9 Å². The van der Waals surface area contributed by atoms with Crippen molar-refractivity contribution in [3.8, 4) is 0 Å². The number of hydrogen-bond acceptors (Lipinski definition) is 0. The van der Waals surface area contributed by atoms with Gasteiger partial charge >= 0.3 is 139 Å². The summed E-state index contributed by atoms with van der Waals surface area (Å²) < 4.78 is 4.67. The quantitative estimate of drug-likeness (QED) is 0.450. The Morgan fingerprint density at radius 1 is 1.00 bits per heavy atom. The molecule has 104 valence electrons. The molecule has 0 aromatic heterocycles. The molecule has 0 atom stereocenters. The molecule has 2 rings (SSSR count). The third-order valence-corrected chi connectivity index (χ3v) is 9.97. The average Bonchev–Trinajstić information content (AvgIpc) is 2.49. The van der Waals surface area contributed by atoms with Crippen LogP contribution in [0.5, 0.6) is 0 Å². The van der Waals surface area contributed by atoms with E-state index in [9.17, 15) is 0 Å². The summed E-state index contributed by atoms with van der Waals surface area (Å²) in [4.78, 5) is 0. The zero-order chi connectivity index (χ0) is 14.0. The van der Waals surface area contributed by atoms with Crippen LogP contribution in [0.3, 0.4) is 0 Å². The fourth-order valence-corrected chi connectivity index (χ4v) is 9.25. The van der Waals surface area contributed by atoms with Crippen LogP contribution in [0.1, 0.15) is 25.3 Å². The molecule has 0 spiro atoms. The van der Waals surface area contributed by atoms with Gasteiger partial charge in [0.05, 0.1) is 0 Å². The molecular formula is C18H20SeTe. The predicted octanol–water partition coefficient (Wildman–Crippen LogP) is 3.94. The van der Waals surface area contributed by atoms with Gasteiger partial charge in [-0.15, -0.1) is 0 Å². The molecule has 0 bridgehead atoms. The van der Waals surface area contributed by atoms with Crippen LogP contribution in [0.25, 0.3) is 6.08 Å². The van der Waals surface area contributed by atoms with E-state index in [2.05, 4.69) is 73.7 Å². The molecule has 0 N–H and O–H groups in total. The molecule has 0 unspecified atom stereocenters. The van der Waals surface area contributed by atoms with Crippen LogP contribution >= 0.6 is 0 Å². The number of hydrogen-bond donors (Lipinski definition) is 0. The van der Waals surface area contributed by atoms with Gasteiger partial charge in [0.15, 0.2) is 0 Å². The van der Waals surface area contributed by atoms with Crippen molar-refractivity contribution in [2.24, 2.45) is 0 Å². The van der Waals surface area contributed by atoms with Gasteiger partial charge in [-0.25, -0.2) is 0 Å². The summed E-state index contributed by atoms with van der Waals surface area (Å²) in [6.07, 6.45) is 5.16. The van der Waals surface area contributed by atoms with Gasteiger partial charge in [0.1, 0.15) is 0 Å². The molecule has 0 amide bonds. The first kappa shape index (κ1) is 15.9. The van der Waals surface area contributed by atoms with E-state index < -0.39 is 0 Å². The fraction of sp³-hybridized carbons (Fsp3) is 0.222. The van der Waals surface area contributed by atoms with Crippen molar-refractivity contribution in [1.82, 2.24) is 0 Å². The molecule has 2 aromatic rings. The Kier molecular flexibility index (Phi) is 7.48. The van der Waals surface area contributed by atoms with E-state index in [-0.39, 0.29) is 20.9 Å². The molecular weight excluding hydrogens is 423 g/mol. The van der Waals surface area contributed by atoms with Gasteiger partial charge in [-0.2, -0.15) is 0 Å². The Morgan fingerprint density at radius 3 is 2.30 bits per heavy atom. The molecule has 0 saturated heterocycles. The van der Waals surface area contributed by atoms with Crippen molar-refractivity contribution >= 4 is 46.4 Å². The van der Waals surface area contributed by atoms with Crippen LogP contribution < -0.4 is 4.46 Å². The first-order chi connectivity index (χ1) is 9.88. The van der Waals surface area contributed by atoms with Crippen molar-refractivity contribution in [3.05, 3.63) is 68.7 Å². The number of benzene rings is 2. The second kappa shape index (κ2) is 9.43. The molecule has 0 aliphatic rings. The summed E-state index contributed by atoms with van der Waals surface area (Å²) in [6, 6.07) is 21.7. The van der Waals surface area contributed by atoms with Crippen molar-refractivity contribution in [2.75, 3.05) is 0 Å². The Bertz CT molecular complexity index is 520. The molecule has 0 nitrogen and oxygen atoms in total. The third kappa shape index (κ3) is 5.86. The van der Waals surface area contributed by atoms with Gasteiger partial charge in [-0.3, -0.25) is 0 Å². The van der Waals surface area contributed by atoms with Gasteiger partial charge in [0.2, 0.25) is 0 Å². The van der Waals surface area contributed by atoms with Crippen LogP contribution in [0.15, 0.2) is 63.2 Å². The third-order valence-electron chi connectivity index (χ3n) is 2.79. The van der Waals surface area contributed by atoms with Gasteiger partial charge in [0.25, 0.3) is 0 Å². The van der Waals surface area contributed by atoms with E-state index in [1.54, 1.807) is 2.52 Å². The second-order valence-corrected chi connectivity index (χ2v) is 11.9. The maximum atomic E-state index is 2.45. The second-order valence-electron chi connectivity index (χ2n) is 4.49. The number of rotatable bonds is 7. The van der Waals surface area contributed by atoms with E-state index in [1.807, 2.05) is 0 Å². The molecule has 0 radical (unpaired) electrons. The van der Waals surface area contributed by atoms with Crippen LogP contribution in [0.4, 0.5) is 0 Å². The molecule has 0 aliphatic carbocycles. The van der Waals surface area contributed by atoms with Gasteiger partial charge in [-0.1, -0.05) is 0 Å². The van der Waals surface area contributed by atoms with Crippen LogP contribution in [0, 0.1) is 0 Å². The average molecular weight is 443 g/mol. The zero-order valence-electron chi connectivity index (χ0n) is 11.8. The van der Waals surface area contributed by atoms with Crippen molar-refractivity contribution in [2.45, 2.75) is 24.2 Å². The Labute approximate surface area is 138 Å². The summed E-state index contributed by atoms with van der Waals surface area (Å²) in [5, 5.41) is 0. The Morgan fingerprint density at radius 2 is 1.65 bits per heavy atom. The zero-order valence-corrected chi connectivity index (χ0v) is 15.8. The van der Waals surface area contributed by atoms with E-state index >= 15 is 0 Å². The molecule has 0 heterocycles. The summed E-state index contributed by atoms with van der Waals surface area (Å²) in [5.41, 5.74) is 1.36. The maximum absolute atomic E-state index is 2.45. The van der Waals surface area contributed by atoms with E-state index in [0.717, 1.165) is 0 Å². The minimum absolute atomic E-state index is 0.0000771. The molecule has 0 fully saturated rings. The van der Waals surface area contributed by atoms with Crippen LogP contribution in [-0.2, 0) is 0 Å². The summed E-state index contributed by atoms with van der Waals surface area (Å²) in [6.45, 7) is 2.29. The topological polar surface area (TPSA) is 0 Å². The van der Waals surface area contributed by atoms with E-state index in [0.29, 0.717) is 15.0 Å². The molecule has 20 heavy (non-hydrogen) atoms. The van der Waals surface area contributed by atoms with Crippen LogP contribution in [0.2, 0.25) is 4.47 Å². The normalized spacial score (nSPS) is 11.6. The predicted molar refractivity (Wildman–Crippen MR) is 91.7 cm³/mol. The standard InChI is InChI=1S/C18H20SeTe/c1-2-3-14-20-18(15-16-10-6-4-7-11-16)19-17-12-8-5-9-13-17/h4-13,15H,2-3,14H2,1H3/b18-15+. The summed E-state index contributed by atoms with van der Waals surface area (Å²) in [7, 11) is 0. The SMILES string of the molecule is CCCC[Te]/C(=C/c1ccccc1)[Se]c1ccccc1.